The van der Waals surface area contributed by atoms with Gasteiger partial charge in [-0.1, -0.05) is 11.6 Å². The maximum Gasteiger partial charge on any atom is 0.231 e. The zero-order valence-electron chi connectivity index (χ0n) is 10.2. The molecular weight excluding hydrogens is 252 g/mol. The number of hydrogen-bond acceptors (Lipinski definition) is 4. The fourth-order valence-electron chi connectivity index (χ4n) is 2.65. The van der Waals surface area contributed by atoms with Crippen molar-refractivity contribution in [2.75, 3.05) is 26.4 Å². The smallest absolute Gasteiger partial charge is 0.231 e. The van der Waals surface area contributed by atoms with Crippen LogP contribution in [0.5, 0.6) is 11.5 Å². The second kappa shape index (κ2) is 4.96. The summed E-state index contributed by atoms with van der Waals surface area (Å²) in [6, 6.07) is 3.77. The lowest BCUT2D eigenvalue weighted by Crippen LogP contribution is -2.22. The van der Waals surface area contributed by atoms with Crippen molar-refractivity contribution in [1.29, 1.82) is 0 Å². The SMILES string of the molecule is NC[C@@H]1CCN(Cc2cc(Cl)cc3c2OCO3)C1. The lowest BCUT2D eigenvalue weighted by atomic mass is 10.1. The Balaban J connectivity index is 1.77. The average Bonchev–Trinajstić information content (AvgIpc) is 2.97. The van der Waals surface area contributed by atoms with Crippen molar-refractivity contribution in [3.8, 4) is 11.5 Å². The fraction of sp³-hybridized carbons (Fsp3) is 0.538. The number of ether oxygens (including phenoxy) is 2. The van der Waals surface area contributed by atoms with Crippen LogP contribution >= 0.6 is 11.6 Å². The van der Waals surface area contributed by atoms with Gasteiger partial charge >= 0.3 is 0 Å². The van der Waals surface area contributed by atoms with E-state index in [1.807, 2.05) is 6.07 Å². The molecule has 0 amide bonds. The van der Waals surface area contributed by atoms with Gasteiger partial charge in [-0.25, -0.2) is 0 Å². The first kappa shape index (κ1) is 12.1. The molecule has 98 valence electrons. The van der Waals surface area contributed by atoms with Crippen molar-refractivity contribution in [2.24, 2.45) is 11.7 Å². The summed E-state index contributed by atoms with van der Waals surface area (Å²) in [6.07, 6.45) is 1.18. The van der Waals surface area contributed by atoms with Crippen molar-refractivity contribution < 1.29 is 9.47 Å². The molecule has 2 aliphatic rings. The van der Waals surface area contributed by atoms with Gasteiger partial charge in [0.1, 0.15) is 0 Å². The van der Waals surface area contributed by atoms with Gasteiger partial charge in [-0.15, -0.1) is 0 Å². The van der Waals surface area contributed by atoms with Crippen LogP contribution in [-0.4, -0.2) is 31.3 Å². The topological polar surface area (TPSA) is 47.7 Å². The summed E-state index contributed by atoms with van der Waals surface area (Å²) in [5, 5.41) is 0.698. The maximum absolute atomic E-state index is 6.10. The monoisotopic (exact) mass is 268 g/mol. The maximum atomic E-state index is 6.10. The van der Waals surface area contributed by atoms with E-state index in [2.05, 4.69) is 4.90 Å². The van der Waals surface area contributed by atoms with E-state index in [-0.39, 0.29) is 6.79 Å². The van der Waals surface area contributed by atoms with Crippen LogP contribution in [0.4, 0.5) is 0 Å². The molecular formula is C13H17ClN2O2. The van der Waals surface area contributed by atoms with Gasteiger partial charge in [0.15, 0.2) is 11.5 Å². The molecule has 2 heterocycles. The molecule has 5 heteroatoms. The van der Waals surface area contributed by atoms with Gasteiger partial charge in [0.05, 0.1) is 0 Å². The van der Waals surface area contributed by atoms with Gasteiger partial charge < -0.3 is 15.2 Å². The van der Waals surface area contributed by atoms with E-state index in [1.165, 1.54) is 6.42 Å². The molecule has 2 N–H and O–H groups in total. The van der Waals surface area contributed by atoms with Crippen LogP contribution < -0.4 is 15.2 Å². The Bertz CT molecular complexity index is 453. The number of nitrogens with zero attached hydrogens (tertiary/aromatic N) is 1. The van der Waals surface area contributed by atoms with E-state index in [9.17, 15) is 0 Å². The summed E-state index contributed by atoms with van der Waals surface area (Å²) >= 11 is 6.10. The minimum absolute atomic E-state index is 0.286. The van der Waals surface area contributed by atoms with Gasteiger partial charge in [0.2, 0.25) is 6.79 Å². The number of fused-ring (bicyclic) bond motifs is 1. The third-order valence-electron chi connectivity index (χ3n) is 3.61. The van der Waals surface area contributed by atoms with Gasteiger partial charge in [0, 0.05) is 29.7 Å². The molecule has 1 atom stereocenters. The van der Waals surface area contributed by atoms with Gasteiger partial charge in [-0.2, -0.15) is 0 Å². The Labute approximate surface area is 112 Å². The molecule has 3 rings (SSSR count). The standard InChI is InChI=1S/C13H17ClN2O2/c14-11-3-10(13-12(4-11)17-8-18-13)7-16-2-1-9(5-15)6-16/h3-4,9H,1-2,5-8,15H2/t9-/m0/s1. The van der Waals surface area contributed by atoms with Crippen LogP contribution in [-0.2, 0) is 6.54 Å². The highest BCUT2D eigenvalue weighted by atomic mass is 35.5. The zero-order chi connectivity index (χ0) is 12.5. The third-order valence-corrected chi connectivity index (χ3v) is 3.83. The van der Waals surface area contributed by atoms with Gasteiger partial charge in [0.25, 0.3) is 0 Å². The van der Waals surface area contributed by atoms with E-state index in [0.29, 0.717) is 10.9 Å². The number of hydrogen-bond donors (Lipinski definition) is 1. The first-order valence-corrected chi connectivity index (χ1v) is 6.64. The van der Waals surface area contributed by atoms with Crippen LogP contribution in [0.1, 0.15) is 12.0 Å². The Hall–Kier alpha value is -0.970. The van der Waals surface area contributed by atoms with E-state index in [0.717, 1.165) is 43.2 Å². The predicted octanol–water partition coefficient (Wildman–Crippen LogP) is 1.85. The quantitative estimate of drug-likeness (QED) is 0.909. The molecule has 1 saturated heterocycles. The summed E-state index contributed by atoms with van der Waals surface area (Å²) < 4.78 is 10.9. The van der Waals surface area contributed by atoms with E-state index in [1.54, 1.807) is 6.07 Å². The Morgan fingerprint density at radius 2 is 2.28 bits per heavy atom. The molecule has 4 nitrogen and oxygen atoms in total. The molecule has 0 aliphatic carbocycles. The van der Waals surface area contributed by atoms with Crippen molar-refractivity contribution in [2.45, 2.75) is 13.0 Å². The van der Waals surface area contributed by atoms with Crippen molar-refractivity contribution in [3.05, 3.63) is 22.7 Å². The zero-order valence-corrected chi connectivity index (χ0v) is 10.9. The highest BCUT2D eigenvalue weighted by molar-refractivity contribution is 6.30. The lowest BCUT2D eigenvalue weighted by Gasteiger charge is -2.17. The molecule has 18 heavy (non-hydrogen) atoms. The minimum atomic E-state index is 0.286. The van der Waals surface area contributed by atoms with E-state index in [4.69, 9.17) is 26.8 Å². The summed E-state index contributed by atoms with van der Waals surface area (Å²) in [7, 11) is 0. The minimum Gasteiger partial charge on any atom is -0.454 e. The summed E-state index contributed by atoms with van der Waals surface area (Å²) in [6.45, 7) is 4.04. The van der Waals surface area contributed by atoms with Crippen molar-refractivity contribution in [1.82, 2.24) is 4.90 Å². The molecule has 1 fully saturated rings. The first-order chi connectivity index (χ1) is 8.76. The molecule has 0 bridgehead atoms. The Kier molecular flexibility index (Phi) is 3.33. The number of rotatable bonds is 3. The van der Waals surface area contributed by atoms with Gasteiger partial charge in [-0.3, -0.25) is 4.90 Å². The second-order valence-electron chi connectivity index (χ2n) is 4.92. The summed E-state index contributed by atoms with van der Waals surface area (Å²) in [5.74, 6) is 2.22. The number of halogens is 1. The molecule has 0 spiro atoms. The number of benzene rings is 1. The van der Waals surface area contributed by atoms with Crippen LogP contribution in [0, 0.1) is 5.92 Å². The van der Waals surface area contributed by atoms with E-state index < -0.39 is 0 Å². The van der Waals surface area contributed by atoms with Crippen molar-refractivity contribution in [3.63, 3.8) is 0 Å². The second-order valence-corrected chi connectivity index (χ2v) is 5.36. The summed E-state index contributed by atoms with van der Waals surface area (Å²) in [4.78, 5) is 2.39. The molecule has 2 aliphatic heterocycles. The van der Waals surface area contributed by atoms with Crippen LogP contribution in [0.3, 0.4) is 0 Å². The molecule has 1 aromatic rings. The first-order valence-electron chi connectivity index (χ1n) is 6.26. The molecule has 0 radical (unpaired) electrons. The predicted molar refractivity (Wildman–Crippen MR) is 70.0 cm³/mol. The number of nitrogens with two attached hydrogens (primary N) is 1. The van der Waals surface area contributed by atoms with E-state index >= 15 is 0 Å². The molecule has 1 aromatic carbocycles. The van der Waals surface area contributed by atoms with Crippen molar-refractivity contribution >= 4 is 11.6 Å². The normalized spacial score (nSPS) is 22.7. The highest BCUT2D eigenvalue weighted by Crippen LogP contribution is 2.39. The van der Waals surface area contributed by atoms with Crippen LogP contribution in [0.2, 0.25) is 5.02 Å². The third kappa shape index (κ3) is 2.28. The molecule has 0 saturated carbocycles. The Morgan fingerprint density at radius 3 is 3.06 bits per heavy atom. The molecule has 0 unspecified atom stereocenters. The van der Waals surface area contributed by atoms with Gasteiger partial charge in [-0.05, 0) is 31.5 Å². The highest BCUT2D eigenvalue weighted by Gasteiger charge is 2.25. The molecule has 0 aromatic heterocycles. The largest absolute Gasteiger partial charge is 0.454 e. The lowest BCUT2D eigenvalue weighted by molar-refractivity contribution is 0.172. The van der Waals surface area contributed by atoms with Crippen LogP contribution in [0.25, 0.3) is 0 Å². The average molecular weight is 269 g/mol. The fourth-order valence-corrected chi connectivity index (χ4v) is 2.88. The summed E-state index contributed by atoms with van der Waals surface area (Å²) in [5.41, 5.74) is 6.82. The number of likely N-dealkylation sites (tertiary alicyclic amines) is 1. The Morgan fingerprint density at radius 1 is 1.39 bits per heavy atom. The van der Waals surface area contributed by atoms with Crippen LogP contribution in [0.15, 0.2) is 12.1 Å².